The Morgan fingerprint density at radius 3 is 2.69 bits per heavy atom. The average molecular weight is 395 g/mol. The molecule has 2 heterocycles. The molecule has 4 atom stereocenters. The van der Waals surface area contributed by atoms with Gasteiger partial charge in [0.2, 0.25) is 0 Å². The van der Waals surface area contributed by atoms with Crippen LogP contribution in [0.2, 0.25) is 0 Å². The number of hydrogen-bond donors (Lipinski definition) is 2. The van der Waals surface area contributed by atoms with Crippen molar-refractivity contribution in [2.75, 3.05) is 12.4 Å². The number of hydrogen-bond acceptors (Lipinski definition) is 4. The standard InChI is InChI=1S/C16H21O3PS.C5H10/c1-12-20(10-13-5-3-2-4-6-13)15(11-21-12)16(18)9-14(17)7-8-19-16;1-3-5-4-2/h2-6,14-15,17-18H,1,7-11H2;3H,1,4-5H2,2H3. The van der Waals surface area contributed by atoms with Gasteiger partial charge in [0.15, 0.2) is 5.79 Å². The molecule has 0 bridgehead atoms. The molecular formula is C21H31O3PS. The molecular weight excluding hydrogens is 363 g/mol. The summed E-state index contributed by atoms with van der Waals surface area (Å²) >= 11 is 1.74. The van der Waals surface area contributed by atoms with Crippen LogP contribution in [0.4, 0.5) is 0 Å². The molecule has 4 unspecified atom stereocenters. The van der Waals surface area contributed by atoms with Crippen LogP contribution in [-0.2, 0) is 10.9 Å². The SMILES string of the molecule is C=C1SCC(C2(O)CC(O)CCO2)P1Cc1ccccc1.C=CCCC. The molecule has 2 aliphatic rings. The Balaban J connectivity index is 0.000000431. The monoisotopic (exact) mass is 394 g/mol. The molecule has 0 saturated carbocycles. The van der Waals surface area contributed by atoms with Crippen molar-refractivity contribution in [2.24, 2.45) is 0 Å². The number of aliphatic hydroxyl groups is 2. The topological polar surface area (TPSA) is 49.7 Å². The number of thioether (sulfide) groups is 1. The molecule has 2 saturated heterocycles. The van der Waals surface area contributed by atoms with E-state index in [-0.39, 0.29) is 5.66 Å². The molecule has 2 aliphatic heterocycles. The summed E-state index contributed by atoms with van der Waals surface area (Å²) in [4.78, 5) is 0. The van der Waals surface area contributed by atoms with Crippen LogP contribution in [0.25, 0.3) is 0 Å². The number of benzene rings is 1. The summed E-state index contributed by atoms with van der Waals surface area (Å²) in [5, 5.41) is 20.8. The van der Waals surface area contributed by atoms with Crippen molar-refractivity contribution >= 4 is 19.7 Å². The lowest BCUT2D eigenvalue weighted by Crippen LogP contribution is -2.50. The van der Waals surface area contributed by atoms with Crippen LogP contribution in [0.5, 0.6) is 0 Å². The molecule has 2 fully saturated rings. The van der Waals surface area contributed by atoms with Crippen LogP contribution in [0.15, 0.2) is 54.2 Å². The zero-order valence-corrected chi connectivity index (χ0v) is 17.4. The first kappa shape index (κ1) is 21.7. The largest absolute Gasteiger partial charge is 0.393 e. The molecule has 0 amide bonds. The van der Waals surface area contributed by atoms with E-state index in [1.54, 1.807) is 11.8 Å². The van der Waals surface area contributed by atoms with Crippen molar-refractivity contribution in [2.45, 2.75) is 56.3 Å². The average Bonchev–Trinajstić information content (AvgIpc) is 2.98. The Labute approximate surface area is 163 Å². The Bertz CT molecular complexity index is 580. The van der Waals surface area contributed by atoms with Crippen LogP contribution in [0.1, 0.15) is 38.2 Å². The van der Waals surface area contributed by atoms with Gasteiger partial charge in [0.05, 0.1) is 12.7 Å². The Morgan fingerprint density at radius 1 is 1.38 bits per heavy atom. The lowest BCUT2D eigenvalue weighted by molar-refractivity contribution is -0.241. The highest BCUT2D eigenvalue weighted by molar-refractivity contribution is 8.12. The first-order chi connectivity index (χ1) is 12.5. The molecule has 1 aromatic rings. The van der Waals surface area contributed by atoms with Crippen LogP contribution in [-0.4, -0.2) is 40.1 Å². The number of ether oxygens (including phenoxy) is 1. The van der Waals surface area contributed by atoms with Crippen molar-refractivity contribution in [1.82, 2.24) is 0 Å². The van der Waals surface area contributed by atoms with Gasteiger partial charge in [0.25, 0.3) is 0 Å². The highest BCUT2D eigenvalue weighted by atomic mass is 32.2. The normalized spacial score (nSPS) is 31.2. The van der Waals surface area contributed by atoms with E-state index < -0.39 is 19.8 Å². The molecule has 2 N–H and O–H groups in total. The summed E-state index contributed by atoms with van der Waals surface area (Å²) in [5.74, 6) is -0.356. The van der Waals surface area contributed by atoms with Crippen LogP contribution >= 0.6 is 19.7 Å². The lowest BCUT2D eigenvalue weighted by atomic mass is 10.0. The summed E-state index contributed by atoms with van der Waals surface area (Å²) in [6.07, 6.45) is 5.70. The summed E-state index contributed by atoms with van der Waals surface area (Å²) in [6, 6.07) is 10.3. The minimum absolute atomic E-state index is 0.0557. The van der Waals surface area contributed by atoms with Crippen LogP contribution in [0.3, 0.4) is 0 Å². The molecule has 1 aromatic carbocycles. The molecule has 144 valence electrons. The van der Waals surface area contributed by atoms with E-state index in [1.165, 1.54) is 16.6 Å². The van der Waals surface area contributed by atoms with E-state index >= 15 is 0 Å². The Morgan fingerprint density at radius 2 is 2.12 bits per heavy atom. The lowest BCUT2D eigenvalue weighted by Gasteiger charge is -2.41. The molecule has 3 nitrogen and oxygen atoms in total. The van der Waals surface area contributed by atoms with Crippen molar-refractivity contribution in [3.8, 4) is 0 Å². The third-order valence-electron chi connectivity index (χ3n) is 4.64. The molecule has 0 aromatic heterocycles. The fourth-order valence-corrected chi connectivity index (χ4v) is 8.21. The van der Waals surface area contributed by atoms with Crippen LogP contribution in [0, 0.1) is 0 Å². The second kappa shape index (κ2) is 10.6. The molecule has 0 aliphatic carbocycles. The predicted octanol–water partition coefficient (Wildman–Crippen LogP) is 5.09. The van der Waals surface area contributed by atoms with E-state index in [1.807, 2.05) is 24.3 Å². The maximum Gasteiger partial charge on any atom is 0.175 e. The predicted molar refractivity (Wildman–Crippen MR) is 114 cm³/mol. The van der Waals surface area contributed by atoms with Gasteiger partial charge in [-0.3, -0.25) is 0 Å². The van der Waals surface area contributed by atoms with Gasteiger partial charge in [0.1, 0.15) is 0 Å². The zero-order chi connectivity index (χ0) is 19.0. The van der Waals surface area contributed by atoms with Gasteiger partial charge in [-0.2, -0.15) is 0 Å². The minimum Gasteiger partial charge on any atom is -0.393 e. The van der Waals surface area contributed by atoms with E-state index in [2.05, 4.69) is 32.2 Å². The maximum atomic E-state index is 10.9. The number of unbranched alkanes of at least 4 members (excludes halogenated alkanes) is 1. The highest BCUT2D eigenvalue weighted by Gasteiger charge is 2.49. The molecule has 26 heavy (non-hydrogen) atoms. The Hall–Kier alpha value is -0.640. The number of allylic oxidation sites excluding steroid dienone is 1. The van der Waals surface area contributed by atoms with E-state index in [0.29, 0.717) is 19.4 Å². The van der Waals surface area contributed by atoms with Gasteiger partial charge in [-0.1, -0.05) is 64.3 Å². The molecule has 3 rings (SSSR count). The third kappa shape index (κ3) is 5.94. The zero-order valence-electron chi connectivity index (χ0n) is 15.6. The van der Waals surface area contributed by atoms with Gasteiger partial charge in [-0.25, -0.2) is 0 Å². The summed E-state index contributed by atoms with van der Waals surface area (Å²) in [5.41, 5.74) is 1.33. The quantitative estimate of drug-likeness (QED) is 0.540. The van der Waals surface area contributed by atoms with Crippen molar-refractivity contribution in [1.29, 1.82) is 0 Å². The third-order valence-corrected chi connectivity index (χ3v) is 9.50. The van der Waals surface area contributed by atoms with E-state index in [0.717, 1.165) is 18.3 Å². The summed E-state index contributed by atoms with van der Waals surface area (Å²) in [7, 11) is -0.554. The van der Waals surface area contributed by atoms with Crippen molar-refractivity contribution in [3.05, 3.63) is 59.8 Å². The fourth-order valence-electron chi connectivity index (χ4n) is 3.18. The van der Waals surface area contributed by atoms with Gasteiger partial charge in [-0.15, -0.1) is 18.3 Å². The summed E-state index contributed by atoms with van der Waals surface area (Å²) in [6.45, 7) is 10.3. The van der Waals surface area contributed by atoms with Crippen molar-refractivity contribution in [3.63, 3.8) is 0 Å². The number of rotatable bonds is 5. The molecule has 0 spiro atoms. The Kier molecular flexibility index (Phi) is 8.86. The van der Waals surface area contributed by atoms with Gasteiger partial charge >= 0.3 is 0 Å². The van der Waals surface area contributed by atoms with E-state index in [9.17, 15) is 10.2 Å². The second-order valence-electron chi connectivity index (χ2n) is 6.75. The van der Waals surface area contributed by atoms with Gasteiger partial charge < -0.3 is 14.9 Å². The van der Waals surface area contributed by atoms with Crippen LogP contribution < -0.4 is 0 Å². The maximum absolute atomic E-state index is 10.9. The smallest absolute Gasteiger partial charge is 0.175 e. The van der Waals surface area contributed by atoms with Gasteiger partial charge in [-0.05, 0) is 24.6 Å². The number of aliphatic hydroxyl groups excluding tert-OH is 1. The second-order valence-corrected chi connectivity index (χ2v) is 10.6. The summed E-state index contributed by atoms with van der Waals surface area (Å²) < 4.78 is 6.87. The minimum atomic E-state index is -1.19. The highest BCUT2D eigenvalue weighted by Crippen LogP contribution is 2.65. The molecule has 0 radical (unpaired) electrons. The van der Waals surface area contributed by atoms with E-state index in [4.69, 9.17) is 4.74 Å². The van der Waals surface area contributed by atoms with Gasteiger partial charge in [0, 0.05) is 22.5 Å². The molecule has 5 heteroatoms. The first-order valence-electron chi connectivity index (χ1n) is 9.27. The first-order valence-corrected chi connectivity index (χ1v) is 11.9. The fraction of sp³-hybridized carbons (Fsp3) is 0.524. The van der Waals surface area contributed by atoms with Crippen molar-refractivity contribution < 1.29 is 14.9 Å².